The second kappa shape index (κ2) is 10.2. The van der Waals surface area contributed by atoms with Crippen molar-refractivity contribution in [2.45, 2.75) is 31.8 Å². The van der Waals surface area contributed by atoms with Crippen molar-refractivity contribution in [3.63, 3.8) is 0 Å². The molecule has 0 spiro atoms. The minimum absolute atomic E-state index is 0.198. The van der Waals surface area contributed by atoms with E-state index in [0.29, 0.717) is 18.0 Å². The van der Waals surface area contributed by atoms with Gasteiger partial charge in [0.1, 0.15) is 5.75 Å². The Bertz CT molecular complexity index is 903. The minimum Gasteiger partial charge on any atom is -0.497 e. The molecule has 7 nitrogen and oxygen atoms in total. The van der Waals surface area contributed by atoms with Crippen LogP contribution < -0.4 is 4.74 Å². The Morgan fingerprint density at radius 3 is 2.55 bits per heavy atom. The van der Waals surface area contributed by atoms with E-state index >= 15 is 0 Å². The van der Waals surface area contributed by atoms with Crippen LogP contribution in [0.15, 0.2) is 52.2 Å². The van der Waals surface area contributed by atoms with Gasteiger partial charge < -0.3 is 14.1 Å². The highest BCUT2D eigenvalue weighted by Crippen LogP contribution is 2.29. The van der Waals surface area contributed by atoms with E-state index in [-0.39, 0.29) is 5.91 Å². The number of benzene rings is 1. The Balaban J connectivity index is 1.75. The lowest BCUT2D eigenvalue weighted by molar-refractivity contribution is -0.130. The lowest BCUT2D eigenvalue weighted by atomic mass is 10.3. The topological polar surface area (TPSA) is 73.4 Å². The van der Waals surface area contributed by atoms with Crippen molar-refractivity contribution >= 4 is 17.7 Å². The molecule has 0 fully saturated rings. The van der Waals surface area contributed by atoms with E-state index < -0.39 is 0 Å². The monoisotopic (exact) mass is 414 g/mol. The van der Waals surface area contributed by atoms with Crippen LogP contribution in [-0.4, -0.2) is 51.5 Å². The van der Waals surface area contributed by atoms with Gasteiger partial charge in [0, 0.05) is 25.3 Å². The fourth-order valence-electron chi connectivity index (χ4n) is 3.01. The lowest BCUT2D eigenvalue weighted by Gasteiger charge is -2.18. The average Bonchev–Trinajstić information content (AvgIpc) is 3.42. The van der Waals surface area contributed by atoms with E-state index in [2.05, 4.69) is 10.2 Å². The number of furan rings is 1. The van der Waals surface area contributed by atoms with E-state index in [1.807, 2.05) is 59.7 Å². The molecule has 29 heavy (non-hydrogen) atoms. The van der Waals surface area contributed by atoms with Crippen molar-refractivity contribution < 1.29 is 13.9 Å². The van der Waals surface area contributed by atoms with Gasteiger partial charge in [-0.3, -0.25) is 9.36 Å². The zero-order chi connectivity index (χ0) is 20.6. The number of ether oxygens (including phenoxy) is 1. The first kappa shape index (κ1) is 21.0. The Morgan fingerprint density at radius 2 is 1.93 bits per heavy atom. The van der Waals surface area contributed by atoms with E-state index in [1.165, 1.54) is 0 Å². The van der Waals surface area contributed by atoms with Gasteiger partial charge in [-0.2, -0.15) is 0 Å². The van der Waals surface area contributed by atoms with E-state index in [1.54, 1.807) is 25.1 Å². The largest absolute Gasteiger partial charge is 0.497 e. The van der Waals surface area contributed by atoms with Crippen LogP contribution in [0.4, 0.5) is 0 Å². The summed E-state index contributed by atoms with van der Waals surface area (Å²) >= 11 is 1.58. The number of hydrogen-bond donors (Lipinski definition) is 0. The summed E-state index contributed by atoms with van der Waals surface area (Å²) in [4.78, 5) is 14.0. The predicted molar refractivity (Wildman–Crippen MR) is 113 cm³/mol. The van der Waals surface area contributed by atoms with E-state index in [0.717, 1.165) is 41.9 Å². The zero-order valence-electron chi connectivity index (χ0n) is 17.0. The molecule has 3 aromatic rings. The molecule has 0 radical (unpaired) electrons. The molecule has 3 rings (SSSR count). The number of amides is 1. The maximum absolute atomic E-state index is 12.2. The van der Waals surface area contributed by atoms with Crippen LogP contribution in [0.3, 0.4) is 0 Å². The SMILES string of the molecule is CCN(CC)C(=O)CCCSc1nnc(-c2ccco2)n1-c1ccc(OC)cc1. The molecule has 2 aromatic heterocycles. The smallest absolute Gasteiger partial charge is 0.222 e. The number of methoxy groups -OCH3 is 1. The van der Waals surface area contributed by atoms with Crippen molar-refractivity contribution in [1.29, 1.82) is 0 Å². The lowest BCUT2D eigenvalue weighted by Crippen LogP contribution is -2.30. The summed E-state index contributed by atoms with van der Waals surface area (Å²) in [6, 6.07) is 11.4. The second-order valence-corrected chi connectivity index (χ2v) is 7.40. The van der Waals surface area contributed by atoms with Gasteiger partial charge in [-0.15, -0.1) is 10.2 Å². The van der Waals surface area contributed by atoms with Gasteiger partial charge in [0.2, 0.25) is 11.7 Å². The summed E-state index contributed by atoms with van der Waals surface area (Å²) in [5.41, 5.74) is 0.920. The quantitative estimate of drug-likeness (QED) is 0.364. The van der Waals surface area contributed by atoms with Crippen molar-refractivity contribution in [2.75, 3.05) is 26.0 Å². The number of carbonyl (C=O) groups excluding carboxylic acids is 1. The highest BCUT2D eigenvalue weighted by atomic mass is 32.2. The van der Waals surface area contributed by atoms with Gasteiger partial charge in [-0.1, -0.05) is 11.8 Å². The van der Waals surface area contributed by atoms with Gasteiger partial charge >= 0.3 is 0 Å². The molecule has 154 valence electrons. The molecule has 0 unspecified atom stereocenters. The van der Waals surface area contributed by atoms with Crippen LogP contribution in [0.2, 0.25) is 0 Å². The molecular formula is C21H26N4O3S. The summed E-state index contributed by atoms with van der Waals surface area (Å²) < 4.78 is 12.8. The molecule has 0 saturated heterocycles. The number of aromatic nitrogens is 3. The molecule has 1 aromatic carbocycles. The number of rotatable bonds is 10. The molecule has 2 heterocycles. The summed E-state index contributed by atoms with van der Waals surface area (Å²) in [6.07, 6.45) is 2.94. The molecule has 0 bridgehead atoms. The van der Waals surface area contributed by atoms with Crippen LogP contribution in [0.25, 0.3) is 17.3 Å². The number of thioether (sulfide) groups is 1. The third kappa shape index (κ3) is 5.00. The standard InChI is InChI=1S/C21H26N4O3S/c1-4-24(5-2)19(26)9-7-15-29-21-23-22-20(18-8-6-14-28-18)25(21)16-10-12-17(27-3)13-11-16/h6,8,10-14H,4-5,7,9,15H2,1-3H3. The summed E-state index contributed by atoms with van der Waals surface area (Å²) in [5.74, 6) is 3.05. The van der Waals surface area contributed by atoms with Gasteiger partial charge in [-0.25, -0.2) is 0 Å². The van der Waals surface area contributed by atoms with E-state index in [9.17, 15) is 4.79 Å². The fourth-order valence-corrected chi connectivity index (χ4v) is 3.90. The van der Waals surface area contributed by atoms with Crippen molar-refractivity contribution in [2.24, 2.45) is 0 Å². The fraction of sp³-hybridized carbons (Fsp3) is 0.381. The molecule has 0 saturated carbocycles. The number of carbonyl (C=O) groups is 1. The van der Waals surface area contributed by atoms with Gasteiger partial charge in [0.15, 0.2) is 10.9 Å². The molecule has 0 aliphatic carbocycles. The highest BCUT2D eigenvalue weighted by Gasteiger charge is 2.18. The highest BCUT2D eigenvalue weighted by molar-refractivity contribution is 7.99. The molecule has 0 aliphatic rings. The minimum atomic E-state index is 0.198. The van der Waals surface area contributed by atoms with Crippen LogP contribution in [0, 0.1) is 0 Å². The van der Waals surface area contributed by atoms with Gasteiger partial charge in [-0.05, 0) is 56.7 Å². The Kier molecular flexibility index (Phi) is 7.35. The first-order chi connectivity index (χ1) is 14.2. The normalized spacial score (nSPS) is 10.9. The van der Waals surface area contributed by atoms with Crippen molar-refractivity contribution in [3.8, 4) is 23.0 Å². The molecule has 0 N–H and O–H groups in total. The number of nitrogens with zero attached hydrogens (tertiary/aromatic N) is 4. The van der Waals surface area contributed by atoms with Crippen molar-refractivity contribution in [1.82, 2.24) is 19.7 Å². The van der Waals surface area contributed by atoms with Gasteiger partial charge in [0.25, 0.3) is 0 Å². The first-order valence-corrected chi connectivity index (χ1v) is 10.7. The molecule has 0 atom stereocenters. The third-order valence-corrected chi connectivity index (χ3v) is 5.60. The predicted octanol–water partition coefficient (Wildman–Crippen LogP) is 4.28. The zero-order valence-corrected chi connectivity index (χ0v) is 17.8. The molecular weight excluding hydrogens is 388 g/mol. The van der Waals surface area contributed by atoms with Crippen LogP contribution in [-0.2, 0) is 4.79 Å². The Hall–Kier alpha value is -2.74. The number of hydrogen-bond acceptors (Lipinski definition) is 6. The Labute approximate surface area is 175 Å². The molecule has 8 heteroatoms. The second-order valence-electron chi connectivity index (χ2n) is 6.33. The van der Waals surface area contributed by atoms with Gasteiger partial charge in [0.05, 0.1) is 19.1 Å². The van der Waals surface area contributed by atoms with Crippen LogP contribution >= 0.6 is 11.8 Å². The summed E-state index contributed by atoms with van der Waals surface area (Å²) in [5, 5.41) is 9.46. The summed E-state index contributed by atoms with van der Waals surface area (Å²) in [6.45, 7) is 5.51. The van der Waals surface area contributed by atoms with Crippen molar-refractivity contribution in [3.05, 3.63) is 42.7 Å². The first-order valence-electron chi connectivity index (χ1n) is 9.72. The molecule has 0 aliphatic heterocycles. The van der Waals surface area contributed by atoms with Crippen LogP contribution in [0.5, 0.6) is 5.75 Å². The summed E-state index contributed by atoms with van der Waals surface area (Å²) in [7, 11) is 1.64. The Morgan fingerprint density at radius 1 is 1.17 bits per heavy atom. The van der Waals surface area contributed by atoms with Crippen LogP contribution in [0.1, 0.15) is 26.7 Å². The maximum Gasteiger partial charge on any atom is 0.222 e. The average molecular weight is 415 g/mol. The van der Waals surface area contributed by atoms with E-state index in [4.69, 9.17) is 9.15 Å². The third-order valence-electron chi connectivity index (χ3n) is 4.59. The molecule has 1 amide bonds. The maximum atomic E-state index is 12.2.